The van der Waals surface area contributed by atoms with Crippen molar-refractivity contribution in [2.45, 2.75) is 40.5 Å². The summed E-state index contributed by atoms with van der Waals surface area (Å²) in [4.78, 5) is 31.4. The Balaban J connectivity index is 0. The Morgan fingerprint density at radius 1 is 1.05 bits per heavy atom. The zero-order chi connectivity index (χ0) is 16.1. The SMILES string of the molecule is CCOC(=O)/C(CC)=C(/C)N.CCOC(=O)CC(=O)Cl. The lowest BCUT2D eigenvalue weighted by Gasteiger charge is -2.05. The van der Waals surface area contributed by atoms with Crippen molar-refractivity contribution >= 4 is 28.8 Å². The molecule has 0 radical (unpaired) electrons. The van der Waals surface area contributed by atoms with Crippen molar-refractivity contribution in [1.29, 1.82) is 0 Å². The van der Waals surface area contributed by atoms with Crippen LogP contribution in [0.15, 0.2) is 11.3 Å². The Kier molecular flexibility index (Phi) is 12.9. The monoisotopic (exact) mass is 307 g/mol. The van der Waals surface area contributed by atoms with Crippen molar-refractivity contribution < 1.29 is 23.9 Å². The van der Waals surface area contributed by atoms with Crippen LogP contribution in [0.3, 0.4) is 0 Å². The predicted octanol–water partition coefficient (Wildman–Crippen LogP) is 1.90. The normalized spacial score (nSPS) is 10.7. The van der Waals surface area contributed by atoms with Crippen molar-refractivity contribution in [2.75, 3.05) is 13.2 Å². The Labute approximate surface area is 124 Å². The van der Waals surface area contributed by atoms with Gasteiger partial charge in [-0.1, -0.05) is 6.92 Å². The number of nitrogens with two attached hydrogens (primary N) is 1. The van der Waals surface area contributed by atoms with Crippen molar-refractivity contribution in [2.24, 2.45) is 5.73 Å². The highest BCUT2D eigenvalue weighted by Gasteiger charge is 2.09. The van der Waals surface area contributed by atoms with Crippen molar-refractivity contribution in [3.8, 4) is 0 Å². The maximum Gasteiger partial charge on any atom is 0.335 e. The molecule has 0 saturated carbocycles. The summed E-state index contributed by atoms with van der Waals surface area (Å²) in [7, 11) is 0. The molecular weight excluding hydrogens is 286 g/mol. The zero-order valence-corrected chi connectivity index (χ0v) is 13.1. The standard InChI is InChI=1S/C8H15NO2.C5H7ClO3/c1-4-7(6(3)9)8(10)11-5-2;1-2-9-5(8)3-4(6)7/h4-5,9H2,1-3H3;2-3H2,1H3/b7-6-;. The molecule has 20 heavy (non-hydrogen) atoms. The lowest BCUT2D eigenvalue weighted by atomic mass is 10.2. The fourth-order valence-electron chi connectivity index (χ4n) is 1.13. The van der Waals surface area contributed by atoms with Crippen LogP contribution in [-0.2, 0) is 23.9 Å². The topological polar surface area (TPSA) is 95.7 Å². The van der Waals surface area contributed by atoms with E-state index in [2.05, 4.69) is 4.74 Å². The Morgan fingerprint density at radius 2 is 1.55 bits per heavy atom. The van der Waals surface area contributed by atoms with Gasteiger partial charge in [-0.05, 0) is 38.8 Å². The first-order valence-electron chi connectivity index (χ1n) is 6.26. The van der Waals surface area contributed by atoms with Gasteiger partial charge in [0.2, 0.25) is 5.24 Å². The molecule has 0 rings (SSSR count). The van der Waals surface area contributed by atoms with E-state index in [1.54, 1.807) is 20.8 Å². The van der Waals surface area contributed by atoms with E-state index in [0.29, 0.717) is 24.3 Å². The van der Waals surface area contributed by atoms with Crippen LogP contribution < -0.4 is 5.73 Å². The lowest BCUT2D eigenvalue weighted by Crippen LogP contribution is -2.11. The minimum atomic E-state index is -0.687. The quantitative estimate of drug-likeness (QED) is 0.348. The van der Waals surface area contributed by atoms with Crippen LogP contribution in [0, 0.1) is 0 Å². The van der Waals surface area contributed by atoms with Crippen LogP contribution in [0.2, 0.25) is 0 Å². The van der Waals surface area contributed by atoms with Crippen molar-refractivity contribution in [3.05, 3.63) is 11.3 Å². The summed E-state index contributed by atoms with van der Waals surface area (Å²) in [5.41, 5.74) is 6.58. The Bertz CT molecular complexity index is 362. The number of carbonyl (C=O) groups excluding carboxylic acids is 3. The first kappa shape index (κ1) is 20.8. The summed E-state index contributed by atoms with van der Waals surface area (Å²) in [6, 6.07) is 0. The summed E-state index contributed by atoms with van der Waals surface area (Å²) in [6.07, 6.45) is 0.288. The first-order chi connectivity index (χ1) is 9.29. The highest BCUT2D eigenvalue weighted by atomic mass is 35.5. The second-order valence-corrected chi connectivity index (χ2v) is 3.99. The van der Waals surface area contributed by atoms with Gasteiger partial charge >= 0.3 is 11.9 Å². The van der Waals surface area contributed by atoms with E-state index in [0.717, 1.165) is 0 Å². The summed E-state index contributed by atoms with van der Waals surface area (Å²) < 4.78 is 9.19. The number of esters is 2. The van der Waals surface area contributed by atoms with Gasteiger partial charge in [-0.3, -0.25) is 9.59 Å². The maximum absolute atomic E-state index is 11.1. The van der Waals surface area contributed by atoms with E-state index in [1.165, 1.54) is 0 Å². The van der Waals surface area contributed by atoms with Gasteiger partial charge in [0, 0.05) is 5.70 Å². The smallest absolute Gasteiger partial charge is 0.335 e. The summed E-state index contributed by atoms with van der Waals surface area (Å²) in [5.74, 6) is -0.868. The number of halogens is 1. The second kappa shape index (κ2) is 12.5. The second-order valence-electron chi connectivity index (χ2n) is 3.57. The van der Waals surface area contributed by atoms with Crippen LogP contribution in [-0.4, -0.2) is 30.4 Å². The van der Waals surface area contributed by atoms with Crippen molar-refractivity contribution in [1.82, 2.24) is 0 Å². The third-order valence-electron chi connectivity index (χ3n) is 1.94. The van der Waals surface area contributed by atoms with Gasteiger partial charge in [0.15, 0.2) is 0 Å². The average Bonchev–Trinajstić information content (AvgIpc) is 2.29. The zero-order valence-electron chi connectivity index (χ0n) is 12.3. The molecule has 0 unspecified atom stereocenters. The van der Waals surface area contributed by atoms with Gasteiger partial charge < -0.3 is 15.2 Å². The third-order valence-corrected chi connectivity index (χ3v) is 2.07. The molecule has 0 aromatic heterocycles. The highest BCUT2D eigenvalue weighted by Crippen LogP contribution is 2.05. The Hall–Kier alpha value is -1.56. The fourth-order valence-corrected chi connectivity index (χ4v) is 1.24. The van der Waals surface area contributed by atoms with E-state index in [9.17, 15) is 14.4 Å². The van der Waals surface area contributed by atoms with E-state index in [1.807, 2.05) is 6.92 Å². The van der Waals surface area contributed by atoms with Gasteiger partial charge in [-0.2, -0.15) is 0 Å². The van der Waals surface area contributed by atoms with E-state index in [4.69, 9.17) is 22.1 Å². The average molecular weight is 308 g/mol. The minimum absolute atomic E-state index is 0.281. The number of ether oxygens (including phenoxy) is 2. The van der Waals surface area contributed by atoms with E-state index < -0.39 is 11.2 Å². The maximum atomic E-state index is 11.1. The predicted molar refractivity (Wildman–Crippen MR) is 75.9 cm³/mol. The minimum Gasteiger partial charge on any atom is -0.466 e. The summed E-state index contributed by atoms with van der Waals surface area (Å²) >= 11 is 4.87. The number of carbonyl (C=O) groups is 3. The number of hydrogen-bond acceptors (Lipinski definition) is 6. The fraction of sp³-hybridized carbons (Fsp3) is 0.615. The lowest BCUT2D eigenvalue weighted by molar-refractivity contribution is -0.144. The summed E-state index contributed by atoms with van der Waals surface area (Å²) in [5, 5.41) is -0.687. The molecule has 0 atom stereocenters. The molecule has 0 aliphatic heterocycles. The molecule has 0 aliphatic carbocycles. The largest absolute Gasteiger partial charge is 0.466 e. The molecule has 6 nitrogen and oxygen atoms in total. The molecular formula is C13H22ClNO5. The van der Waals surface area contributed by atoms with Crippen LogP contribution in [0.1, 0.15) is 40.5 Å². The molecule has 0 aliphatic rings. The van der Waals surface area contributed by atoms with Crippen LogP contribution >= 0.6 is 11.6 Å². The highest BCUT2D eigenvalue weighted by molar-refractivity contribution is 6.64. The van der Waals surface area contributed by atoms with Gasteiger partial charge in [-0.15, -0.1) is 0 Å². The van der Waals surface area contributed by atoms with Crippen molar-refractivity contribution in [3.63, 3.8) is 0 Å². The molecule has 2 N–H and O–H groups in total. The molecule has 0 aromatic rings. The third kappa shape index (κ3) is 11.5. The summed E-state index contributed by atoms with van der Waals surface area (Å²) in [6.45, 7) is 7.70. The molecule has 0 fully saturated rings. The van der Waals surface area contributed by atoms with Crippen LogP contribution in [0.25, 0.3) is 0 Å². The number of rotatable bonds is 6. The first-order valence-corrected chi connectivity index (χ1v) is 6.64. The van der Waals surface area contributed by atoms with Crippen LogP contribution in [0.5, 0.6) is 0 Å². The number of allylic oxidation sites excluding steroid dienone is 1. The molecule has 0 heterocycles. The van der Waals surface area contributed by atoms with Gasteiger partial charge in [0.1, 0.15) is 6.42 Å². The molecule has 0 aromatic carbocycles. The Morgan fingerprint density at radius 3 is 1.85 bits per heavy atom. The van der Waals surface area contributed by atoms with Crippen LogP contribution in [0.4, 0.5) is 0 Å². The molecule has 0 spiro atoms. The van der Waals surface area contributed by atoms with Gasteiger partial charge in [-0.25, -0.2) is 4.79 Å². The molecule has 0 bridgehead atoms. The van der Waals surface area contributed by atoms with Gasteiger partial charge in [0.25, 0.3) is 0 Å². The van der Waals surface area contributed by atoms with E-state index in [-0.39, 0.29) is 19.0 Å². The van der Waals surface area contributed by atoms with Gasteiger partial charge in [0.05, 0.1) is 18.8 Å². The van der Waals surface area contributed by atoms with E-state index >= 15 is 0 Å². The molecule has 0 saturated heterocycles. The molecule has 7 heteroatoms. The molecule has 0 amide bonds. The number of hydrogen-bond donors (Lipinski definition) is 1. The molecule has 116 valence electrons.